The van der Waals surface area contributed by atoms with Crippen LogP contribution in [0.4, 0.5) is 0 Å². The van der Waals surface area contributed by atoms with Crippen molar-refractivity contribution in [2.75, 3.05) is 0 Å². The van der Waals surface area contributed by atoms with Gasteiger partial charge in [-0.3, -0.25) is 0 Å². The molecule has 0 radical (unpaired) electrons. The second-order valence-corrected chi connectivity index (χ2v) is 3.53. The molecular formula is C5H4NS2+. The van der Waals surface area contributed by atoms with Gasteiger partial charge in [0.1, 0.15) is 0 Å². The van der Waals surface area contributed by atoms with Crippen molar-refractivity contribution in [3.8, 4) is 0 Å². The molecule has 8 heavy (non-hydrogen) atoms. The van der Waals surface area contributed by atoms with Gasteiger partial charge in [-0.1, -0.05) is 22.7 Å². The summed E-state index contributed by atoms with van der Waals surface area (Å²) in [6.07, 6.45) is 4.13. The predicted octanol–water partition coefficient (Wildman–Crippen LogP) is 1.55. The topological polar surface area (TPSA) is 4.10 Å². The molecule has 0 saturated carbocycles. The van der Waals surface area contributed by atoms with Crippen LogP contribution in [0.5, 0.6) is 0 Å². The fourth-order valence-electron chi connectivity index (χ4n) is 0.629. The van der Waals surface area contributed by atoms with E-state index in [1.807, 2.05) is 0 Å². The molecule has 0 unspecified atom stereocenters. The van der Waals surface area contributed by atoms with E-state index in [0.717, 1.165) is 0 Å². The molecule has 2 aromatic heterocycles. The van der Waals surface area contributed by atoms with Crippen molar-refractivity contribution in [1.82, 2.24) is 0 Å². The van der Waals surface area contributed by atoms with Gasteiger partial charge < -0.3 is 0 Å². The maximum Gasteiger partial charge on any atom is 0.324 e. The fraction of sp³-hybridized carbons (Fsp3) is 0. The molecule has 0 aromatic carbocycles. The Kier molecular flexibility index (Phi) is 0.856. The molecule has 0 fully saturated rings. The lowest BCUT2D eigenvalue weighted by Crippen LogP contribution is -2.10. The number of rotatable bonds is 0. The van der Waals surface area contributed by atoms with Crippen LogP contribution in [-0.2, 0) is 0 Å². The van der Waals surface area contributed by atoms with Gasteiger partial charge in [0.2, 0.25) is 0 Å². The molecule has 2 rings (SSSR count). The highest BCUT2D eigenvalue weighted by molar-refractivity contribution is 7.33. The maximum atomic E-state index is 2.12. The first kappa shape index (κ1) is 4.47. The van der Waals surface area contributed by atoms with E-state index in [2.05, 4.69) is 27.6 Å². The van der Waals surface area contributed by atoms with E-state index in [1.54, 1.807) is 22.7 Å². The minimum atomic E-state index is 1.35. The molecule has 0 bridgehead atoms. The third-order valence-corrected chi connectivity index (χ3v) is 2.91. The van der Waals surface area contributed by atoms with Crippen molar-refractivity contribution in [2.24, 2.45) is 0 Å². The van der Waals surface area contributed by atoms with Crippen molar-refractivity contribution >= 4 is 26.8 Å². The van der Waals surface area contributed by atoms with Gasteiger partial charge >= 0.3 is 4.14 Å². The van der Waals surface area contributed by atoms with Crippen molar-refractivity contribution in [3.05, 3.63) is 23.2 Å². The van der Waals surface area contributed by atoms with E-state index in [4.69, 9.17) is 0 Å². The van der Waals surface area contributed by atoms with Gasteiger partial charge in [0.05, 0.1) is 10.8 Å². The van der Waals surface area contributed by atoms with Gasteiger partial charge in [-0.2, -0.15) is 0 Å². The second-order valence-electron chi connectivity index (χ2n) is 1.48. The average Bonchev–Trinajstić information content (AvgIpc) is 2.15. The first-order chi connectivity index (χ1) is 3.97. The van der Waals surface area contributed by atoms with Crippen LogP contribution in [0.1, 0.15) is 0 Å². The average molecular weight is 142 g/mol. The van der Waals surface area contributed by atoms with Gasteiger partial charge in [-0.25, -0.2) is 0 Å². The highest BCUT2D eigenvalue weighted by Gasteiger charge is 2.00. The summed E-state index contributed by atoms with van der Waals surface area (Å²) in [6.45, 7) is 0. The minimum Gasteiger partial charge on any atom is -0.147 e. The molecule has 0 aliphatic heterocycles. The molecular weight excluding hydrogens is 138 g/mol. The number of hydrogen-bond donors (Lipinski definition) is 0. The Morgan fingerprint density at radius 2 is 1.75 bits per heavy atom. The Bertz CT molecular complexity index is 232. The Hall–Kier alpha value is -0.410. The summed E-state index contributed by atoms with van der Waals surface area (Å²) in [5.74, 6) is 0. The summed E-state index contributed by atoms with van der Waals surface area (Å²) in [5.41, 5.74) is 0. The standard InChI is InChI=1S/C5H4NS2/c1-3-7-5-6(1)2-4-8-5/h1-4H/q+1. The van der Waals surface area contributed by atoms with Crippen LogP contribution in [0, 0.1) is 0 Å². The number of aromatic nitrogens is 1. The van der Waals surface area contributed by atoms with E-state index in [-0.39, 0.29) is 0 Å². The van der Waals surface area contributed by atoms with Crippen LogP contribution >= 0.6 is 22.7 Å². The van der Waals surface area contributed by atoms with E-state index in [1.165, 1.54) is 4.14 Å². The number of hydrogen-bond acceptors (Lipinski definition) is 2. The number of nitrogens with zero attached hydrogens (tertiary/aromatic N) is 1. The minimum absolute atomic E-state index is 1.35. The molecule has 0 saturated heterocycles. The molecule has 2 heterocycles. The summed E-state index contributed by atoms with van der Waals surface area (Å²) >= 11 is 3.55. The van der Waals surface area contributed by atoms with Crippen molar-refractivity contribution < 1.29 is 4.40 Å². The van der Waals surface area contributed by atoms with Crippen LogP contribution < -0.4 is 4.40 Å². The Labute approximate surface area is 54.8 Å². The van der Waals surface area contributed by atoms with Gasteiger partial charge in [-0.15, -0.1) is 4.40 Å². The highest BCUT2D eigenvalue weighted by atomic mass is 32.2. The molecule has 0 aliphatic carbocycles. The zero-order valence-corrected chi connectivity index (χ0v) is 5.71. The molecule has 0 atom stereocenters. The predicted molar refractivity (Wildman–Crippen MR) is 35.4 cm³/mol. The molecule has 0 amide bonds. The zero-order chi connectivity index (χ0) is 5.40. The molecule has 0 spiro atoms. The van der Waals surface area contributed by atoms with Gasteiger partial charge in [-0.05, 0) is 0 Å². The molecule has 0 aliphatic rings. The summed E-state index contributed by atoms with van der Waals surface area (Å²) in [6, 6.07) is 0. The van der Waals surface area contributed by atoms with Crippen LogP contribution in [-0.4, -0.2) is 0 Å². The van der Waals surface area contributed by atoms with Gasteiger partial charge in [0.15, 0.2) is 12.4 Å². The zero-order valence-electron chi connectivity index (χ0n) is 4.07. The first-order valence-corrected chi connectivity index (χ1v) is 4.05. The van der Waals surface area contributed by atoms with Crippen molar-refractivity contribution in [3.63, 3.8) is 0 Å². The lowest BCUT2D eigenvalue weighted by atomic mass is 10.9. The normalized spacial score (nSPS) is 10.5. The maximum absolute atomic E-state index is 2.12. The van der Waals surface area contributed by atoms with E-state index in [0.29, 0.717) is 0 Å². The van der Waals surface area contributed by atoms with Crippen LogP contribution in [0.25, 0.3) is 4.14 Å². The van der Waals surface area contributed by atoms with E-state index in [9.17, 15) is 0 Å². The summed E-state index contributed by atoms with van der Waals surface area (Å²) < 4.78 is 3.47. The molecule has 40 valence electrons. The van der Waals surface area contributed by atoms with Crippen LogP contribution in [0.2, 0.25) is 0 Å². The van der Waals surface area contributed by atoms with Crippen LogP contribution in [0.3, 0.4) is 0 Å². The quantitative estimate of drug-likeness (QED) is 0.491. The van der Waals surface area contributed by atoms with Crippen molar-refractivity contribution in [2.45, 2.75) is 0 Å². The SMILES string of the molecule is c1c[n+]2ccsc2s1. The lowest BCUT2D eigenvalue weighted by Gasteiger charge is -1.57. The monoisotopic (exact) mass is 142 g/mol. The smallest absolute Gasteiger partial charge is 0.147 e. The summed E-state index contributed by atoms with van der Waals surface area (Å²) in [4.78, 5) is 0. The Morgan fingerprint density at radius 1 is 1.12 bits per heavy atom. The largest absolute Gasteiger partial charge is 0.324 e. The van der Waals surface area contributed by atoms with E-state index < -0.39 is 0 Å². The summed E-state index contributed by atoms with van der Waals surface area (Å²) in [7, 11) is 0. The van der Waals surface area contributed by atoms with E-state index >= 15 is 0 Å². The van der Waals surface area contributed by atoms with Crippen molar-refractivity contribution in [1.29, 1.82) is 0 Å². The molecule has 0 N–H and O–H groups in total. The third-order valence-electron chi connectivity index (χ3n) is 0.991. The Morgan fingerprint density at radius 3 is 2.25 bits per heavy atom. The second kappa shape index (κ2) is 1.53. The molecule has 1 nitrogen and oxygen atoms in total. The number of thiazole rings is 2. The van der Waals surface area contributed by atoms with Gasteiger partial charge in [0.25, 0.3) is 0 Å². The summed E-state index contributed by atoms with van der Waals surface area (Å²) in [5, 5.41) is 4.18. The fourth-order valence-corrected chi connectivity index (χ4v) is 2.29. The lowest BCUT2D eigenvalue weighted by molar-refractivity contribution is -0.502. The third kappa shape index (κ3) is 0.485. The number of fused-ring (bicyclic) bond motifs is 1. The molecule has 2 aromatic rings. The van der Waals surface area contributed by atoms with Gasteiger partial charge in [0, 0.05) is 0 Å². The Balaban J connectivity index is 3.06. The molecule has 3 heteroatoms. The first-order valence-electron chi connectivity index (χ1n) is 2.29. The van der Waals surface area contributed by atoms with Crippen LogP contribution in [0.15, 0.2) is 23.2 Å². The highest BCUT2D eigenvalue weighted by Crippen LogP contribution is 2.09.